The molecule has 5 rings (SSSR count). The second kappa shape index (κ2) is 10.4. The summed E-state index contributed by atoms with van der Waals surface area (Å²) in [5.74, 6) is 0.733. The van der Waals surface area contributed by atoms with E-state index in [0.717, 1.165) is 69.9 Å². The van der Waals surface area contributed by atoms with Crippen LogP contribution in [0.25, 0.3) is 0 Å². The van der Waals surface area contributed by atoms with Gasteiger partial charge in [-0.3, -0.25) is 4.90 Å². The summed E-state index contributed by atoms with van der Waals surface area (Å²) in [6, 6.07) is 4.63. The number of aliphatic carboxylic acids is 1. The first-order valence-electron chi connectivity index (χ1n) is 13.1. The fraction of sp³-hybridized carbons (Fsp3) is 0.552. The van der Waals surface area contributed by atoms with Gasteiger partial charge in [-0.05, 0) is 73.8 Å². The van der Waals surface area contributed by atoms with Gasteiger partial charge in [-0.2, -0.15) is 0 Å². The average molecular weight is 495 g/mol. The minimum absolute atomic E-state index is 0.256. The number of benzene rings is 1. The Balaban J connectivity index is 1.24. The number of ether oxygens (including phenoxy) is 3. The monoisotopic (exact) mass is 494 g/mol. The number of likely N-dealkylation sites (tertiary alicyclic amines) is 1. The van der Waals surface area contributed by atoms with Crippen molar-refractivity contribution < 1.29 is 24.1 Å². The van der Waals surface area contributed by atoms with Crippen LogP contribution >= 0.6 is 0 Å². The first-order valence-corrected chi connectivity index (χ1v) is 13.1. The van der Waals surface area contributed by atoms with Gasteiger partial charge in [0.1, 0.15) is 5.75 Å². The Morgan fingerprint density at radius 2 is 1.97 bits per heavy atom. The molecule has 1 aromatic carbocycles. The normalized spacial score (nSPS) is 28.4. The predicted molar refractivity (Wildman–Crippen MR) is 138 cm³/mol. The fourth-order valence-electron chi connectivity index (χ4n) is 5.92. The van der Waals surface area contributed by atoms with Crippen molar-refractivity contribution >= 4 is 5.97 Å². The molecule has 1 N–H and O–H groups in total. The van der Waals surface area contributed by atoms with Crippen LogP contribution in [0.15, 0.2) is 47.7 Å². The van der Waals surface area contributed by atoms with E-state index in [-0.39, 0.29) is 5.60 Å². The highest BCUT2D eigenvalue weighted by Crippen LogP contribution is 2.40. The van der Waals surface area contributed by atoms with E-state index in [1.165, 1.54) is 16.7 Å². The Kier molecular flexibility index (Phi) is 7.24. The van der Waals surface area contributed by atoms with Gasteiger partial charge in [0.2, 0.25) is 6.41 Å². The molecule has 0 aromatic heterocycles. The van der Waals surface area contributed by atoms with E-state index in [1.807, 2.05) is 6.08 Å². The summed E-state index contributed by atoms with van der Waals surface area (Å²) in [7, 11) is 1.67. The second-order valence-electron chi connectivity index (χ2n) is 10.6. The maximum Gasteiger partial charge on any atom is 0.335 e. The maximum atomic E-state index is 11.5. The highest BCUT2D eigenvalue weighted by atomic mass is 16.7. The first-order chi connectivity index (χ1) is 17.4. The van der Waals surface area contributed by atoms with Crippen LogP contribution in [-0.2, 0) is 20.8 Å². The molecule has 7 nitrogen and oxygen atoms in total. The smallest absolute Gasteiger partial charge is 0.335 e. The van der Waals surface area contributed by atoms with Crippen molar-refractivity contribution in [2.75, 3.05) is 33.4 Å². The van der Waals surface area contributed by atoms with Crippen LogP contribution in [0.4, 0.5) is 0 Å². The highest BCUT2D eigenvalue weighted by molar-refractivity contribution is 5.89. The van der Waals surface area contributed by atoms with Gasteiger partial charge in [0.15, 0.2) is 0 Å². The van der Waals surface area contributed by atoms with Gasteiger partial charge in [0.05, 0.1) is 24.3 Å². The molecule has 1 aliphatic carbocycles. The van der Waals surface area contributed by atoms with Gasteiger partial charge in [0.25, 0.3) is 0 Å². The Hall–Kier alpha value is -2.61. The standard InChI is InChI=1S/C29H38N2O5/c1-20-10-15-35-26-21(2)16-22(17-25(20)26)18-30-13-11-29(12-14-30)19-31(28(34-3)36-29)24-7-5-4-6-23(8-9-24)27(32)33/h6-9,16-17,20,28H,4-5,10-15,18-19H2,1-3H3,(H,32,33)/b9-8-,23-6?,24-7+. The number of carboxylic acid groups (broad SMARTS) is 1. The number of carboxylic acids is 1. The van der Waals surface area contributed by atoms with Crippen LogP contribution in [0, 0.1) is 6.92 Å². The Morgan fingerprint density at radius 1 is 1.19 bits per heavy atom. The lowest BCUT2D eigenvalue weighted by atomic mass is 9.89. The molecular weight excluding hydrogens is 456 g/mol. The van der Waals surface area contributed by atoms with E-state index in [1.54, 1.807) is 19.3 Å². The van der Waals surface area contributed by atoms with Crippen molar-refractivity contribution in [1.82, 2.24) is 9.80 Å². The molecule has 0 saturated carbocycles. The minimum atomic E-state index is -0.895. The lowest BCUT2D eigenvalue weighted by Gasteiger charge is -2.38. The van der Waals surface area contributed by atoms with E-state index in [0.29, 0.717) is 17.9 Å². The number of allylic oxidation sites excluding steroid dienone is 3. The zero-order chi connectivity index (χ0) is 25.3. The van der Waals surface area contributed by atoms with E-state index in [4.69, 9.17) is 14.2 Å². The molecule has 0 bridgehead atoms. The lowest BCUT2D eigenvalue weighted by molar-refractivity contribution is -0.196. The maximum absolute atomic E-state index is 11.5. The average Bonchev–Trinajstić information content (AvgIpc) is 3.19. The summed E-state index contributed by atoms with van der Waals surface area (Å²) < 4.78 is 18.2. The van der Waals surface area contributed by atoms with Gasteiger partial charge in [-0.1, -0.05) is 31.2 Å². The fourth-order valence-corrected chi connectivity index (χ4v) is 5.92. The molecule has 3 heterocycles. The topological polar surface area (TPSA) is 71.5 Å². The van der Waals surface area contributed by atoms with Gasteiger partial charge < -0.3 is 24.2 Å². The first kappa shape index (κ1) is 25.1. The largest absolute Gasteiger partial charge is 0.493 e. The van der Waals surface area contributed by atoms with Gasteiger partial charge in [0, 0.05) is 32.4 Å². The van der Waals surface area contributed by atoms with E-state index in [2.05, 4.69) is 41.9 Å². The summed E-state index contributed by atoms with van der Waals surface area (Å²) in [6.45, 7) is 8.88. The summed E-state index contributed by atoms with van der Waals surface area (Å²) in [6.07, 6.45) is 11.5. The molecule has 2 fully saturated rings. The molecule has 36 heavy (non-hydrogen) atoms. The van der Waals surface area contributed by atoms with Gasteiger partial charge >= 0.3 is 5.97 Å². The zero-order valence-electron chi connectivity index (χ0n) is 21.7. The molecule has 1 aromatic rings. The molecule has 3 aliphatic heterocycles. The van der Waals surface area contributed by atoms with Crippen LogP contribution < -0.4 is 4.74 Å². The van der Waals surface area contributed by atoms with E-state index < -0.39 is 12.4 Å². The van der Waals surface area contributed by atoms with Gasteiger partial charge in [-0.25, -0.2) is 4.79 Å². The number of fused-ring (bicyclic) bond motifs is 1. The van der Waals surface area contributed by atoms with Crippen molar-refractivity contribution in [1.29, 1.82) is 0 Å². The Morgan fingerprint density at radius 3 is 2.72 bits per heavy atom. The number of rotatable bonds is 5. The number of aryl methyl sites for hydroxylation is 1. The molecule has 7 heteroatoms. The number of hydrogen-bond donors (Lipinski definition) is 1. The van der Waals surface area contributed by atoms with Crippen LogP contribution in [0.2, 0.25) is 0 Å². The predicted octanol–water partition coefficient (Wildman–Crippen LogP) is 4.72. The van der Waals surface area contributed by atoms with Crippen molar-refractivity contribution in [2.45, 2.75) is 70.4 Å². The summed E-state index contributed by atoms with van der Waals surface area (Å²) in [5, 5.41) is 9.41. The van der Waals surface area contributed by atoms with Crippen molar-refractivity contribution in [2.24, 2.45) is 0 Å². The molecule has 2 unspecified atom stereocenters. The number of carbonyl (C=O) groups is 1. The number of methoxy groups -OCH3 is 1. The van der Waals surface area contributed by atoms with Gasteiger partial charge in [-0.15, -0.1) is 0 Å². The molecule has 0 amide bonds. The summed E-state index contributed by atoms with van der Waals surface area (Å²) >= 11 is 0. The third kappa shape index (κ3) is 5.10. The third-order valence-corrected chi connectivity index (χ3v) is 8.03. The van der Waals surface area contributed by atoms with Crippen molar-refractivity contribution in [3.8, 4) is 5.75 Å². The van der Waals surface area contributed by atoms with Crippen LogP contribution in [-0.4, -0.2) is 66.2 Å². The van der Waals surface area contributed by atoms with E-state index >= 15 is 0 Å². The SMILES string of the molecule is COC1OC2(CCN(Cc3cc(C)c4c(c3)C(C)CCO4)CC2)CN1C1=C/CCC=C(C(=O)O)/C=C\1. The third-order valence-electron chi connectivity index (χ3n) is 8.03. The number of nitrogens with zero attached hydrogens (tertiary/aromatic N) is 2. The van der Waals surface area contributed by atoms with Crippen molar-refractivity contribution in [3.63, 3.8) is 0 Å². The quantitative estimate of drug-likeness (QED) is 0.635. The van der Waals surface area contributed by atoms with Crippen LogP contribution in [0.1, 0.15) is 61.6 Å². The molecule has 4 aliphatic rings. The number of hydrogen-bond acceptors (Lipinski definition) is 6. The minimum Gasteiger partial charge on any atom is -0.493 e. The van der Waals surface area contributed by atoms with Crippen LogP contribution in [0.5, 0.6) is 5.75 Å². The Labute approximate surface area is 214 Å². The number of piperidine rings is 1. The molecule has 0 radical (unpaired) electrons. The second-order valence-corrected chi connectivity index (χ2v) is 10.6. The van der Waals surface area contributed by atoms with E-state index in [9.17, 15) is 9.90 Å². The molecule has 194 valence electrons. The lowest BCUT2D eigenvalue weighted by Crippen LogP contribution is -2.46. The molecule has 2 saturated heterocycles. The molecular formula is C29H38N2O5. The van der Waals surface area contributed by atoms with Crippen LogP contribution in [0.3, 0.4) is 0 Å². The molecule has 1 spiro atoms. The highest BCUT2D eigenvalue weighted by Gasteiger charge is 2.47. The Bertz CT molecular complexity index is 1080. The summed E-state index contributed by atoms with van der Waals surface area (Å²) in [4.78, 5) is 16.1. The van der Waals surface area contributed by atoms with Crippen molar-refractivity contribution in [3.05, 3.63) is 64.4 Å². The molecule has 2 atom stereocenters. The summed E-state index contributed by atoms with van der Waals surface area (Å²) in [5.41, 5.74) is 4.99. The zero-order valence-corrected chi connectivity index (χ0v) is 21.7.